The second-order valence-corrected chi connectivity index (χ2v) is 7.64. The smallest absolute Gasteiger partial charge is 0.246 e. The van der Waals surface area contributed by atoms with Crippen LogP contribution in [0.1, 0.15) is 12.8 Å². The van der Waals surface area contributed by atoms with Crippen molar-refractivity contribution in [3.05, 3.63) is 22.4 Å². The maximum Gasteiger partial charge on any atom is 0.246 e. The van der Waals surface area contributed by atoms with Gasteiger partial charge < -0.3 is 10.1 Å². The molecule has 0 unspecified atom stereocenters. The van der Waals surface area contributed by atoms with Crippen LogP contribution in [0.5, 0.6) is 5.75 Å². The zero-order valence-electron chi connectivity index (χ0n) is 12.3. The van der Waals surface area contributed by atoms with Gasteiger partial charge in [0.05, 0.1) is 11.6 Å². The van der Waals surface area contributed by atoms with Crippen LogP contribution in [0.3, 0.4) is 0 Å². The van der Waals surface area contributed by atoms with Gasteiger partial charge in [0.15, 0.2) is 0 Å². The molecule has 2 rings (SSSR count). The molecule has 126 valence electrons. The summed E-state index contributed by atoms with van der Waals surface area (Å²) in [6.07, 6.45) is 1.47. The van der Waals surface area contributed by atoms with E-state index in [0.717, 1.165) is 18.9 Å². The molecule has 0 atom stereocenters. The van der Waals surface area contributed by atoms with E-state index >= 15 is 0 Å². The summed E-state index contributed by atoms with van der Waals surface area (Å²) in [5.74, 6) is -0.487. The number of halogens is 3. The Morgan fingerprint density at radius 1 is 1.36 bits per heavy atom. The molecule has 1 fully saturated rings. The monoisotopic (exact) mass is 416 g/mol. The van der Waals surface area contributed by atoms with Crippen molar-refractivity contribution in [1.29, 1.82) is 0 Å². The van der Waals surface area contributed by atoms with Gasteiger partial charge in [-0.05, 0) is 48.0 Å². The Morgan fingerprint density at radius 3 is 2.45 bits per heavy atom. The molecule has 1 N–H and O–H groups in total. The summed E-state index contributed by atoms with van der Waals surface area (Å²) >= 11 is 3.03. The number of nitrogens with one attached hydrogen (secondary N) is 1. The predicted molar refractivity (Wildman–Crippen MR) is 88.7 cm³/mol. The van der Waals surface area contributed by atoms with Gasteiger partial charge in [-0.15, -0.1) is 12.4 Å². The van der Waals surface area contributed by atoms with E-state index in [0.29, 0.717) is 19.1 Å². The lowest BCUT2D eigenvalue weighted by Gasteiger charge is -2.31. The molecular formula is C13H19BrClFN2O3S. The summed E-state index contributed by atoms with van der Waals surface area (Å²) in [7, 11) is -0.526. The third kappa shape index (κ3) is 3.91. The quantitative estimate of drug-likeness (QED) is 0.817. The van der Waals surface area contributed by atoms with E-state index < -0.39 is 15.8 Å². The molecule has 1 aliphatic rings. The fraction of sp³-hybridized carbons (Fsp3) is 0.538. The van der Waals surface area contributed by atoms with Gasteiger partial charge in [0.1, 0.15) is 16.5 Å². The molecule has 0 bridgehead atoms. The first-order chi connectivity index (χ1) is 9.90. The number of piperidine rings is 1. The van der Waals surface area contributed by atoms with Crippen LogP contribution in [-0.2, 0) is 10.0 Å². The lowest BCUT2D eigenvalue weighted by atomic mass is 10.1. The molecule has 0 radical (unpaired) electrons. The number of hydrogen-bond acceptors (Lipinski definition) is 4. The summed E-state index contributed by atoms with van der Waals surface area (Å²) < 4.78 is 45.7. The van der Waals surface area contributed by atoms with E-state index in [1.807, 2.05) is 7.05 Å². The minimum absolute atomic E-state index is 0. The van der Waals surface area contributed by atoms with E-state index in [1.54, 1.807) is 0 Å². The number of methoxy groups -OCH3 is 1. The van der Waals surface area contributed by atoms with Crippen LogP contribution in [0.2, 0.25) is 0 Å². The average Bonchev–Trinajstić information content (AvgIpc) is 2.49. The summed E-state index contributed by atoms with van der Waals surface area (Å²) in [6.45, 7) is 0.823. The van der Waals surface area contributed by atoms with E-state index in [4.69, 9.17) is 4.74 Å². The first-order valence-electron chi connectivity index (χ1n) is 6.60. The Kier molecular flexibility index (Phi) is 7.07. The summed E-state index contributed by atoms with van der Waals surface area (Å²) in [4.78, 5) is -0.131. The van der Waals surface area contributed by atoms with Crippen LogP contribution in [0, 0.1) is 5.82 Å². The Bertz CT molecular complexity index is 622. The Morgan fingerprint density at radius 2 is 1.95 bits per heavy atom. The van der Waals surface area contributed by atoms with Crippen molar-refractivity contribution in [2.24, 2.45) is 0 Å². The summed E-state index contributed by atoms with van der Waals surface area (Å²) in [6, 6.07) is 2.66. The van der Waals surface area contributed by atoms with Gasteiger partial charge in [-0.25, -0.2) is 12.8 Å². The van der Waals surface area contributed by atoms with Gasteiger partial charge in [-0.2, -0.15) is 4.31 Å². The second-order valence-electron chi connectivity index (χ2n) is 4.88. The van der Waals surface area contributed by atoms with Crippen LogP contribution in [0.15, 0.2) is 21.5 Å². The highest BCUT2D eigenvalue weighted by atomic mass is 79.9. The highest BCUT2D eigenvalue weighted by molar-refractivity contribution is 9.10. The number of hydrogen-bond donors (Lipinski definition) is 1. The Balaban J connectivity index is 0.00000242. The Labute approximate surface area is 144 Å². The fourth-order valence-corrected chi connectivity index (χ4v) is 4.34. The van der Waals surface area contributed by atoms with Crippen LogP contribution >= 0.6 is 28.3 Å². The van der Waals surface area contributed by atoms with E-state index in [1.165, 1.54) is 17.5 Å². The van der Waals surface area contributed by atoms with E-state index in [-0.39, 0.29) is 27.5 Å². The molecule has 0 saturated carbocycles. The molecule has 9 heteroatoms. The van der Waals surface area contributed by atoms with Crippen molar-refractivity contribution in [3.8, 4) is 5.75 Å². The van der Waals surface area contributed by atoms with Crippen molar-refractivity contribution in [2.45, 2.75) is 23.8 Å². The molecule has 1 aromatic rings. The number of sulfonamides is 1. The molecule has 5 nitrogen and oxygen atoms in total. The predicted octanol–water partition coefficient (Wildman–Crippen LogP) is 2.39. The SMILES string of the molecule is CNC1CCN(S(=O)(=O)c2cc(F)c(Br)cc2OC)CC1.Cl. The number of ether oxygens (including phenoxy) is 1. The van der Waals surface area contributed by atoms with Crippen molar-refractivity contribution >= 4 is 38.4 Å². The zero-order chi connectivity index (χ0) is 15.6. The van der Waals surface area contributed by atoms with Crippen molar-refractivity contribution in [3.63, 3.8) is 0 Å². The standard InChI is InChI=1S/C13H18BrFN2O3S.ClH/c1-16-9-3-5-17(6-4-9)21(18,19)13-8-11(15)10(14)7-12(13)20-2;/h7-9,16H,3-6H2,1-2H3;1H. The summed E-state index contributed by atoms with van der Waals surface area (Å²) in [5.41, 5.74) is 0. The molecular weight excluding hydrogens is 399 g/mol. The number of rotatable bonds is 4. The lowest BCUT2D eigenvalue weighted by molar-refractivity contribution is 0.297. The molecule has 1 saturated heterocycles. The third-order valence-corrected chi connectivity index (χ3v) is 6.21. The molecule has 0 aromatic heterocycles. The lowest BCUT2D eigenvalue weighted by Crippen LogP contribution is -2.43. The Hall–Kier alpha value is -0.410. The van der Waals surface area contributed by atoms with Crippen LogP contribution in [0.4, 0.5) is 4.39 Å². The first kappa shape index (κ1) is 19.6. The van der Waals surface area contributed by atoms with Gasteiger partial charge >= 0.3 is 0 Å². The van der Waals surface area contributed by atoms with E-state index in [9.17, 15) is 12.8 Å². The second kappa shape index (κ2) is 7.92. The van der Waals surface area contributed by atoms with E-state index in [2.05, 4.69) is 21.2 Å². The number of benzene rings is 1. The zero-order valence-corrected chi connectivity index (χ0v) is 15.5. The van der Waals surface area contributed by atoms with Crippen molar-refractivity contribution < 1.29 is 17.5 Å². The van der Waals surface area contributed by atoms with Crippen molar-refractivity contribution in [1.82, 2.24) is 9.62 Å². The van der Waals surface area contributed by atoms with Crippen LogP contribution < -0.4 is 10.1 Å². The highest BCUT2D eigenvalue weighted by Crippen LogP contribution is 2.32. The van der Waals surface area contributed by atoms with Crippen LogP contribution in [0.25, 0.3) is 0 Å². The largest absolute Gasteiger partial charge is 0.495 e. The third-order valence-electron chi connectivity index (χ3n) is 3.69. The molecule has 0 amide bonds. The highest BCUT2D eigenvalue weighted by Gasteiger charge is 2.31. The maximum atomic E-state index is 13.7. The van der Waals surface area contributed by atoms with Gasteiger partial charge in [0.2, 0.25) is 10.0 Å². The van der Waals surface area contributed by atoms with Crippen molar-refractivity contribution in [2.75, 3.05) is 27.2 Å². The minimum Gasteiger partial charge on any atom is -0.495 e. The van der Waals surface area contributed by atoms with Gasteiger partial charge in [-0.1, -0.05) is 0 Å². The first-order valence-corrected chi connectivity index (χ1v) is 8.84. The van der Waals surface area contributed by atoms with Gasteiger partial charge in [0.25, 0.3) is 0 Å². The maximum absolute atomic E-state index is 13.7. The molecule has 22 heavy (non-hydrogen) atoms. The van der Waals surface area contributed by atoms with Gasteiger partial charge in [0, 0.05) is 19.1 Å². The fourth-order valence-electron chi connectivity index (χ4n) is 2.40. The average molecular weight is 418 g/mol. The minimum atomic E-state index is -3.76. The molecule has 0 aliphatic carbocycles. The molecule has 1 heterocycles. The van der Waals surface area contributed by atoms with Gasteiger partial charge in [-0.3, -0.25) is 0 Å². The molecule has 1 aliphatic heterocycles. The normalized spacial score (nSPS) is 17.1. The molecule has 0 spiro atoms. The topological polar surface area (TPSA) is 58.6 Å². The van der Waals surface area contributed by atoms with Crippen LogP contribution in [-0.4, -0.2) is 46.0 Å². The molecule has 1 aromatic carbocycles. The number of nitrogens with zero attached hydrogens (tertiary/aromatic N) is 1. The summed E-state index contributed by atoms with van der Waals surface area (Å²) in [5, 5.41) is 3.14.